The maximum Gasteiger partial charge on any atom is 0.250 e. The van der Waals surface area contributed by atoms with Gasteiger partial charge in [0.25, 0.3) is 0 Å². The predicted octanol–water partition coefficient (Wildman–Crippen LogP) is 1.87. The highest BCUT2D eigenvalue weighted by molar-refractivity contribution is 5.96. The van der Waals surface area contributed by atoms with E-state index in [-0.39, 0.29) is 24.3 Å². The van der Waals surface area contributed by atoms with Gasteiger partial charge in [-0.1, -0.05) is 13.0 Å². The van der Waals surface area contributed by atoms with Crippen molar-refractivity contribution in [3.63, 3.8) is 0 Å². The zero-order valence-corrected chi connectivity index (χ0v) is 11.1. The molecule has 1 saturated carbocycles. The monoisotopic (exact) mass is 262 g/mol. The van der Waals surface area contributed by atoms with Gasteiger partial charge in [-0.25, -0.2) is 0 Å². The average molecular weight is 262 g/mol. The Kier molecular flexibility index (Phi) is 4.16. The minimum Gasteiger partial charge on any atom is -0.375 e. The molecule has 0 aromatic heterocycles. The van der Waals surface area contributed by atoms with Crippen molar-refractivity contribution in [2.75, 3.05) is 24.4 Å². The van der Waals surface area contributed by atoms with Gasteiger partial charge in [-0.3, -0.25) is 9.59 Å². The Morgan fingerprint density at radius 1 is 1.32 bits per heavy atom. The lowest BCUT2D eigenvalue weighted by atomic mass is 10.2. The topological polar surface area (TPSA) is 67.4 Å². The van der Waals surface area contributed by atoms with Crippen molar-refractivity contribution < 1.29 is 14.3 Å². The largest absolute Gasteiger partial charge is 0.375 e. The number of benzene rings is 1. The third kappa shape index (κ3) is 3.79. The van der Waals surface area contributed by atoms with Gasteiger partial charge in [0.15, 0.2) is 0 Å². The van der Waals surface area contributed by atoms with Gasteiger partial charge in [-0.2, -0.15) is 0 Å². The molecule has 102 valence electrons. The Hall–Kier alpha value is -1.88. The molecule has 1 aromatic carbocycles. The molecule has 2 rings (SSSR count). The third-order valence-electron chi connectivity index (χ3n) is 3.14. The standard InChI is InChI=1S/C14H18N2O3/c1-9-6-12(9)14(18)16-11-5-3-4-10(7-11)15-13(17)8-19-2/h3-5,7,9,12H,6,8H2,1-2H3,(H,15,17)(H,16,18)/t9-,12-/m1/s1. The molecule has 19 heavy (non-hydrogen) atoms. The molecule has 2 atom stereocenters. The van der Waals surface area contributed by atoms with Gasteiger partial charge >= 0.3 is 0 Å². The summed E-state index contributed by atoms with van der Waals surface area (Å²) in [7, 11) is 1.47. The van der Waals surface area contributed by atoms with E-state index in [0.29, 0.717) is 17.3 Å². The molecule has 0 heterocycles. The fourth-order valence-electron chi connectivity index (χ4n) is 1.93. The Morgan fingerprint density at radius 2 is 1.95 bits per heavy atom. The van der Waals surface area contributed by atoms with Crippen LogP contribution in [-0.2, 0) is 14.3 Å². The van der Waals surface area contributed by atoms with Gasteiger partial charge < -0.3 is 15.4 Å². The van der Waals surface area contributed by atoms with E-state index < -0.39 is 0 Å². The number of amides is 2. The Bertz CT molecular complexity index is 487. The van der Waals surface area contributed by atoms with Gasteiger partial charge in [0.05, 0.1) is 0 Å². The van der Waals surface area contributed by atoms with Gasteiger partial charge in [0.2, 0.25) is 11.8 Å². The third-order valence-corrected chi connectivity index (χ3v) is 3.14. The molecular formula is C14H18N2O3. The normalized spacial score (nSPS) is 20.7. The minimum absolute atomic E-state index is 0.0101. The van der Waals surface area contributed by atoms with Crippen LogP contribution in [0.4, 0.5) is 11.4 Å². The number of rotatable bonds is 5. The van der Waals surface area contributed by atoms with Crippen LogP contribution in [0.3, 0.4) is 0 Å². The molecule has 2 amide bonds. The van der Waals surface area contributed by atoms with Crippen LogP contribution < -0.4 is 10.6 Å². The number of methoxy groups -OCH3 is 1. The van der Waals surface area contributed by atoms with E-state index in [2.05, 4.69) is 17.6 Å². The van der Waals surface area contributed by atoms with Crippen LogP contribution in [0.2, 0.25) is 0 Å². The van der Waals surface area contributed by atoms with E-state index in [1.54, 1.807) is 24.3 Å². The number of ether oxygens (including phenoxy) is 1. The highest BCUT2D eigenvalue weighted by Crippen LogP contribution is 2.38. The van der Waals surface area contributed by atoms with E-state index >= 15 is 0 Å². The number of nitrogens with one attached hydrogen (secondary N) is 2. The first kappa shape index (κ1) is 13.5. The molecule has 5 heteroatoms. The van der Waals surface area contributed by atoms with Crippen molar-refractivity contribution in [3.05, 3.63) is 24.3 Å². The van der Waals surface area contributed by atoms with Gasteiger partial charge in [0.1, 0.15) is 6.61 Å². The van der Waals surface area contributed by atoms with Crippen LogP contribution in [0.1, 0.15) is 13.3 Å². The van der Waals surface area contributed by atoms with Crippen LogP contribution in [0.25, 0.3) is 0 Å². The lowest BCUT2D eigenvalue weighted by molar-refractivity contribution is -0.119. The first-order valence-corrected chi connectivity index (χ1v) is 6.30. The number of hydrogen-bond donors (Lipinski definition) is 2. The molecule has 1 fully saturated rings. The number of carbonyl (C=O) groups is 2. The van der Waals surface area contributed by atoms with Crippen LogP contribution in [0, 0.1) is 11.8 Å². The van der Waals surface area contributed by atoms with Gasteiger partial charge in [0, 0.05) is 24.4 Å². The second kappa shape index (κ2) is 5.84. The minimum atomic E-state index is -0.221. The highest BCUT2D eigenvalue weighted by atomic mass is 16.5. The molecule has 1 aliphatic rings. The molecule has 0 unspecified atom stereocenters. The van der Waals surface area contributed by atoms with E-state index in [1.807, 2.05) is 0 Å². The van der Waals surface area contributed by atoms with Gasteiger partial charge in [-0.05, 0) is 30.5 Å². The highest BCUT2D eigenvalue weighted by Gasteiger charge is 2.39. The van der Waals surface area contributed by atoms with Crippen molar-refractivity contribution in [2.45, 2.75) is 13.3 Å². The lowest BCUT2D eigenvalue weighted by Crippen LogP contribution is -2.18. The summed E-state index contributed by atoms with van der Waals surface area (Å²) in [4.78, 5) is 23.2. The van der Waals surface area contributed by atoms with Crippen molar-refractivity contribution >= 4 is 23.2 Å². The zero-order chi connectivity index (χ0) is 13.8. The second-order valence-electron chi connectivity index (χ2n) is 4.87. The second-order valence-corrected chi connectivity index (χ2v) is 4.87. The van der Waals surface area contributed by atoms with Crippen molar-refractivity contribution in [1.82, 2.24) is 0 Å². The van der Waals surface area contributed by atoms with Crippen LogP contribution >= 0.6 is 0 Å². The summed E-state index contributed by atoms with van der Waals surface area (Å²) in [6.07, 6.45) is 0.954. The first-order valence-electron chi connectivity index (χ1n) is 6.30. The molecule has 0 bridgehead atoms. The summed E-state index contributed by atoms with van der Waals surface area (Å²) in [6, 6.07) is 7.09. The van der Waals surface area contributed by atoms with E-state index in [9.17, 15) is 9.59 Å². The summed E-state index contributed by atoms with van der Waals surface area (Å²) in [5, 5.41) is 5.55. The smallest absolute Gasteiger partial charge is 0.250 e. The summed E-state index contributed by atoms with van der Waals surface area (Å²) in [6.45, 7) is 2.07. The molecule has 0 aliphatic heterocycles. The summed E-state index contributed by atoms with van der Waals surface area (Å²) < 4.78 is 4.74. The quantitative estimate of drug-likeness (QED) is 0.851. The number of hydrogen-bond acceptors (Lipinski definition) is 3. The Morgan fingerprint density at radius 3 is 2.53 bits per heavy atom. The molecule has 0 spiro atoms. The molecule has 1 aromatic rings. The first-order chi connectivity index (χ1) is 9.10. The lowest BCUT2D eigenvalue weighted by Gasteiger charge is -2.08. The molecule has 5 nitrogen and oxygen atoms in total. The summed E-state index contributed by atoms with van der Waals surface area (Å²) >= 11 is 0. The summed E-state index contributed by atoms with van der Waals surface area (Å²) in [5.74, 6) is 0.436. The fourth-order valence-corrected chi connectivity index (χ4v) is 1.93. The maximum atomic E-state index is 11.8. The maximum absolute atomic E-state index is 11.8. The Balaban J connectivity index is 1.95. The molecular weight excluding hydrogens is 244 g/mol. The number of anilines is 2. The SMILES string of the molecule is COCC(=O)Nc1cccc(NC(=O)[C@@H]2C[C@H]2C)c1. The van der Waals surface area contributed by atoms with Crippen LogP contribution in [0.15, 0.2) is 24.3 Å². The number of carbonyl (C=O) groups excluding carboxylic acids is 2. The van der Waals surface area contributed by atoms with Crippen molar-refractivity contribution in [1.29, 1.82) is 0 Å². The average Bonchev–Trinajstić information content (AvgIpc) is 3.07. The molecule has 0 radical (unpaired) electrons. The van der Waals surface area contributed by atoms with Crippen LogP contribution in [0.5, 0.6) is 0 Å². The van der Waals surface area contributed by atoms with Crippen LogP contribution in [-0.4, -0.2) is 25.5 Å². The summed E-state index contributed by atoms with van der Waals surface area (Å²) in [5.41, 5.74) is 1.34. The van der Waals surface area contributed by atoms with Crippen molar-refractivity contribution in [2.24, 2.45) is 11.8 Å². The van der Waals surface area contributed by atoms with Crippen molar-refractivity contribution in [3.8, 4) is 0 Å². The van der Waals surface area contributed by atoms with Gasteiger partial charge in [-0.15, -0.1) is 0 Å². The molecule has 1 aliphatic carbocycles. The Labute approximate surface area is 112 Å². The van der Waals surface area contributed by atoms with E-state index in [4.69, 9.17) is 4.74 Å². The predicted molar refractivity (Wildman–Crippen MR) is 72.8 cm³/mol. The zero-order valence-electron chi connectivity index (χ0n) is 11.1. The molecule has 0 saturated heterocycles. The fraction of sp³-hybridized carbons (Fsp3) is 0.429. The van der Waals surface area contributed by atoms with E-state index in [1.165, 1.54) is 7.11 Å². The van der Waals surface area contributed by atoms with E-state index in [0.717, 1.165) is 6.42 Å². The molecule has 2 N–H and O–H groups in total.